The van der Waals surface area contributed by atoms with Crippen LogP contribution in [0.4, 0.5) is 0 Å². The maximum atomic E-state index is 12.6. The zero-order valence-electron chi connectivity index (χ0n) is 11.7. The molecule has 1 atom stereocenters. The van der Waals surface area contributed by atoms with E-state index in [1.807, 2.05) is 20.8 Å². The number of methoxy groups -OCH3 is 3. The molecule has 0 amide bonds. The Bertz CT molecular complexity index is 424. The predicted octanol–water partition coefficient (Wildman–Crippen LogP) is 2.96. The number of ether oxygens (including phenoxy) is 3. The van der Waals surface area contributed by atoms with Crippen LogP contribution in [0.3, 0.4) is 0 Å². The third kappa shape index (κ3) is 2.94. The molecule has 4 nitrogen and oxygen atoms in total. The second-order valence-electron chi connectivity index (χ2n) is 4.85. The molecule has 1 aromatic rings. The van der Waals surface area contributed by atoms with Gasteiger partial charge in [0.1, 0.15) is 30.4 Å². The van der Waals surface area contributed by atoms with E-state index >= 15 is 0 Å². The van der Waals surface area contributed by atoms with Crippen LogP contribution in [0.25, 0.3) is 0 Å². The second-order valence-corrected chi connectivity index (χ2v) is 7.22. The van der Waals surface area contributed by atoms with Crippen LogP contribution in [-0.2, 0) is 4.57 Å². The van der Waals surface area contributed by atoms with Crippen LogP contribution < -0.4 is 19.5 Å². The average Bonchev–Trinajstić information content (AvgIpc) is 2.34. The standard InChI is InChI=1S/C13H20O4P/c1-13(2,3)18(14)12-10(16-5)7-9(15-4)8-11(12)17-6/h7-8H,1-6H3. The van der Waals surface area contributed by atoms with E-state index in [1.54, 1.807) is 33.5 Å². The van der Waals surface area contributed by atoms with E-state index < -0.39 is 7.80 Å². The summed E-state index contributed by atoms with van der Waals surface area (Å²) >= 11 is 0. The Balaban J connectivity index is 3.45. The molecule has 101 valence electrons. The van der Waals surface area contributed by atoms with Crippen LogP contribution in [0.2, 0.25) is 0 Å². The molecule has 18 heavy (non-hydrogen) atoms. The normalized spacial score (nSPS) is 12.0. The van der Waals surface area contributed by atoms with Crippen molar-refractivity contribution in [2.75, 3.05) is 21.3 Å². The molecule has 0 aliphatic rings. The fourth-order valence-corrected chi connectivity index (χ4v) is 2.91. The highest BCUT2D eigenvalue weighted by Crippen LogP contribution is 2.44. The van der Waals surface area contributed by atoms with Crippen LogP contribution in [-0.4, -0.2) is 26.5 Å². The molecule has 1 radical (unpaired) electrons. The Morgan fingerprint density at radius 2 is 1.39 bits per heavy atom. The van der Waals surface area contributed by atoms with Crippen molar-refractivity contribution in [1.29, 1.82) is 0 Å². The zero-order chi connectivity index (χ0) is 13.9. The summed E-state index contributed by atoms with van der Waals surface area (Å²) in [6, 6.07) is 3.44. The van der Waals surface area contributed by atoms with E-state index in [4.69, 9.17) is 14.2 Å². The van der Waals surface area contributed by atoms with E-state index in [0.29, 0.717) is 22.6 Å². The summed E-state index contributed by atoms with van der Waals surface area (Å²) < 4.78 is 28.3. The number of hydrogen-bond acceptors (Lipinski definition) is 4. The van der Waals surface area contributed by atoms with E-state index in [9.17, 15) is 4.57 Å². The first-order valence-electron chi connectivity index (χ1n) is 5.62. The zero-order valence-corrected chi connectivity index (χ0v) is 12.6. The molecule has 0 fully saturated rings. The summed E-state index contributed by atoms with van der Waals surface area (Å²) in [7, 11) is 3.01. The lowest BCUT2D eigenvalue weighted by Crippen LogP contribution is -2.18. The quantitative estimate of drug-likeness (QED) is 0.790. The maximum Gasteiger partial charge on any atom is 0.140 e. The van der Waals surface area contributed by atoms with Gasteiger partial charge in [0.2, 0.25) is 0 Å². The highest BCUT2D eigenvalue weighted by molar-refractivity contribution is 7.55. The van der Waals surface area contributed by atoms with Gasteiger partial charge in [-0.3, -0.25) is 4.57 Å². The molecule has 0 saturated heterocycles. The van der Waals surface area contributed by atoms with Gasteiger partial charge in [-0.1, -0.05) is 0 Å². The van der Waals surface area contributed by atoms with Crippen molar-refractivity contribution in [3.05, 3.63) is 12.1 Å². The van der Waals surface area contributed by atoms with Crippen LogP contribution in [0.15, 0.2) is 12.1 Å². The van der Waals surface area contributed by atoms with Crippen LogP contribution in [0.5, 0.6) is 17.2 Å². The van der Waals surface area contributed by atoms with Crippen molar-refractivity contribution in [3.8, 4) is 17.2 Å². The molecule has 0 bridgehead atoms. The van der Waals surface area contributed by atoms with Crippen LogP contribution in [0, 0.1) is 0 Å². The van der Waals surface area contributed by atoms with Gasteiger partial charge in [-0.25, -0.2) is 0 Å². The van der Waals surface area contributed by atoms with Gasteiger partial charge < -0.3 is 14.2 Å². The van der Waals surface area contributed by atoms with E-state index in [1.165, 1.54) is 0 Å². The smallest absolute Gasteiger partial charge is 0.140 e. The summed E-state index contributed by atoms with van der Waals surface area (Å²) in [5.74, 6) is 1.68. The van der Waals surface area contributed by atoms with Crippen LogP contribution >= 0.6 is 7.80 Å². The van der Waals surface area contributed by atoms with Gasteiger partial charge in [0.15, 0.2) is 0 Å². The molecule has 1 unspecified atom stereocenters. The monoisotopic (exact) mass is 271 g/mol. The third-order valence-corrected chi connectivity index (χ3v) is 4.57. The highest BCUT2D eigenvalue weighted by Gasteiger charge is 2.29. The van der Waals surface area contributed by atoms with Gasteiger partial charge in [-0.05, 0) is 20.8 Å². The lowest BCUT2D eigenvalue weighted by molar-refractivity contribution is 0.379. The van der Waals surface area contributed by atoms with Crippen molar-refractivity contribution in [3.63, 3.8) is 0 Å². The van der Waals surface area contributed by atoms with Crippen molar-refractivity contribution in [2.24, 2.45) is 0 Å². The molecular formula is C13H20O4P. The number of rotatable bonds is 4. The first kappa shape index (κ1) is 14.8. The molecule has 1 rings (SSSR count). The van der Waals surface area contributed by atoms with Gasteiger partial charge in [-0.2, -0.15) is 0 Å². The van der Waals surface area contributed by atoms with Crippen molar-refractivity contribution < 1.29 is 18.8 Å². The maximum absolute atomic E-state index is 12.6. The Labute approximate surface area is 109 Å². The van der Waals surface area contributed by atoms with Gasteiger partial charge in [0.25, 0.3) is 0 Å². The van der Waals surface area contributed by atoms with Crippen molar-refractivity contribution in [1.82, 2.24) is 0 Å². The molecule has 1 aromatic carbocycles. The van der Waals surface area contributed by atoms with Crippen LogP contribution in [0.1, 0.15) is 20.8 Å². The molecule has 0 N–H and O–H groups in total. The summed E-state index contributed by atoms with van der Waals surface area (Å²) in [6.07, 6.45) is 0. The summed E-state index contributed by atoms with van der Waals surface area (Å²) in [5, 5.41) is 0.244. The van der Waals surface area contributed by atoms with Crippen molar-refractivity contribution >= 4 is 13.1 Å². The van der Waals surface area contributed by atoms with E-state index in [2.05, 4.69) is 0 Å². The number of hydrogen-bond donors (Lipinski definition) is 0. The summed E-state index contributed by atoms with van der Waals surface area (Å²) in [5.41, 5.74) is 0. The van der Waals surface area contributed by atoms with E-state index in [-0.39, 0.29) is 5.16 Å². The Morgan fingerprint density at radius 3 is 1.67 bits per heavy atom. The van der Waals surface area contributed by atoms with E-state index in [0.717, 1.165) is 0 Å². The van der Waals surface area contributed by atoms with Gasteiger partial charge >= 0.3 is 0 Å². The third-order valence-electron chi connectivity index (χ3n) is 2.50. The second kappa shape index (κ2) is 5.57. The minimum atomic E-state index is -1.64. The van der Waals surface area contributed by atoms with Gasteiger partial charge in [-0.15, -0.1) is 0 Å². The highest BCUT2D eigenvalue weighted by atomic mass is 31.1. The Hall–Kier alpha value is -1.28. The lowest BCUT2D eigenvalue weighted by atomic mass is 10.2. The molecular weight excluding hydrogens is 251 g/mol. The fraction of sp³-hybridized carbons (Fsp3) is 0.538. The first-order valence-corrected chi connectivity index (χ1v) is 6.88. The minimum Gasteiger partial charge on any atom is -0.496 e. The largest absolute Gasteiger partial charge is 0.496 e. The molecule has 5 heteroatoms. The topological polar surface area (TPSA) is 44.8 Å². The summed E-state index contributed by atoms with van der Waals surface area (Å²) in [6.45, 7) is 5.78. The Kier molecular flexibility index (Phi) is 4.58. The molecule has 0 aliphatic heterocycles. The van der Waals surface area contributed by atoms with Gasteiger partial charge in [0, 0.05) is 17.3 Å². The lowest BCUT2D eigenvalue weighted by Gasteiger charge is -2.21. The Morgan fingerprint density at radius 1 is 0.944 bits per heavy atom. The van der Waals surface area contributed by atoms with Gasteiger partial charge in [0.05, 0.1) is 21.3 Å². The molecule has 0 aromatic heterocycles. The summed E-state index contributed by atoms with van der Waals surface area (Å²) in [4.78, 5) is 0. The minimum absolute atomic E-state index is 0.357. The number of benzene rings is 1. The fourth-order valence-electron chi connectivity index (χ4n) is 1.52. The molecule has 0 saturated carbocycles. The molecule has 0 spiro atoms. The molecule has 0 heterocycles. The van der Waals surface area contributed by atoms with Crippen molar-refractivity contribution in [2.45, 2.75) is 25.9 Å². The SMILES string of the molecule is COc1cc(OC)c([P](=O)C(C)(C)C)c(OC)c1. The predicted molar refractivity (Wildman–Crippen MR) is 73.1 cm³/mol. The average molecular weight is 271 g/mol. The first-order chi connectivity index (χ1) is 8.35. The molecule has 0 aliphatic carbocycles.